The lowest BCUT2D eigenvalue weighted by atomic mass is 9.86. The van der Waals surface area contributed by atoms with E-state index in [1.807, 2.05) is 13.8 Å². The Hall–Kier alpha value is -0.600. The van der Waals surface area contributed by atoms with Crippen LogP contribution in [-0.2, 0) is 0 Å². The maximum atomic E-state index is 9.62. The van der Waals surface area contributed by atoms with Crippen molar-refractivity contribution in [1.29, 1.82) is 0 Å². The molecule has 1 atom stereocenters. The van der Waals surface area contributed by atoms with Gasteiger partial charge in [0.25, 0.3) is 0 Å². The number of hydrogen-bond donors (Lipinski definition) is 2. The molecule has 0 amide bonds. The lowest BCUT2D eigenvalue weighted by molar-refractivity contribution is 0.124. The van der Waals surface area contributed by atoms with Gasteiger partial charge < -0.3 is 10.2 Å². The topological polar surface area (TPSA) is 40.5 Å². The number of rotatable bonds is 4. The predicted molar refractivity (Wildman–Crippen MR) is 50.8 cm³/mol. The summed E-state index contributed by atoms with van der Waals surface area (Å²) in [6.07, 6.45) is 2.78. The van der Waals surface area contributed by atoms with E-state index in [9.17, 15) is 5.11 Å². The third-order valence-electron chi connectivity index (χ3n) is 1.98. The zero-order valence-corrected chi connectivity index (χ0v) is 8.04. The molecule has 12 heavy (non-hydrogen) atoms. The summed E-state index contributed by atoms with van der Waals surface area (Å²) in [5.74, 6) is 0. The zero-order valence-electron chi connectivity index (χ0n) is 8.04. The maximum Gasteiger partial charge on any atom is 0.0809 e. The summed E-state index contributed by atoms with van der Waals surface area (Å²) in [6, 6.07) is 0. The standard InChI is InChI=1S/C10H18O2/c1-5-10(3,4)9(12)6-8(2)7-11/h5-6,9,11-12H,1,7H2,2-4H3. The van der Waals surface area contributed by atoms with Gasteiger partial charge >= 0.3 is 0 Å². The van der Waals surface area contributed by atoms with Crippen LogP contribution in [0.2, 0.25) is 0 Å². The van der Waals surface area contributed by atoms with E-state index in [-0.39, 0.29) is 12.0 Å². The number of aliphatic hydroxyl groups excluding tert-OH is 2. The third kappa shape index (κ3) is 3.20. The van der Waals surface area contributed by atoms with Gasteiger partial charge in [0.05, 0.1) is 12.7 Å². The second kappa shape index (κ2) is 4.43. The predicted octanol–water partition coefficient (Wildman–Crippen LogP) is 1.50. The number of hydrogen-bond acceptors (Lipinski definition) is 2. The van der Waals surface area contributed by atoms with Crippen LogP contribution in [0.15, 0.2) is 24.3 Å². The van der Waals surface area contributed by atoms with E-state index in [2.05, 4.69) is 6.58 Å². The fourth-order valence-corrected chi connectivity index (χ4v) is 0.658. The molecule has 2 N–H and O–H groups in total. The van der Waals surface area contributed by atoms with Crippen molar-refractivity contribution in [2.75, 3.05) is 6.61 Å². The second-order valence-electron chi connectivity index (χ2n) is 3.64. The molecule has 0 aliphatic rings. The molecule has 0 fully saturated rings. The molecule has 0 radical (unpaired) electrons. The minimum absolute atomic E-state index is 0.00964. The van der Waals surface area contributed by atoms with Crippen LogP contribution in [0.25, 0.3) is 0 Å². The van der Waals surface area contributed by atoms with Gasteiger partial charge in [-0.25, -0.2) is 0 Å². The van der Waals surface area contributed by atoms with Gasteiger partial charge in [0.1, 0.15) is 0 Å². The molecule has 0 spiro atoms. The molecular weight excluding hydrogens is 152 g/mol. The lowest BCUT2D eigenvalue weighted by Crippen LogP contribution is -2.25. The Labute approximate surface area is 74.2 Å². The summed E-state index contributed by atoms with van der Waals surface area (Å²) >= 11 is 0. The molecule has 0 aromatic rings. The normalized spacial score (nSPS) is 15.9. The van der Waals surface area contributed by atoms with Crippen LogP contribution in [0.3, 0.4) is 0 Å². The zero-order chi connectivity index (χ0) is 9.78. The largest absolute Gasteiger partial charge is 0.392 e. The molecular formula is C10H18O2. The van der Waals surface area contributed by atoms with Crippen molar-refractivity contribution in [2.24, 2.45) is 5.41 Å². The summed E-state index contributed by atoms with van der Waals surface area (Å²) in [5.41, 5.74) is 0.439. The second-order valence-corrected chi connectivity index (χ2v) is 3.64. The molecule has 0 aliphatic heterocycles. The van der Waals surface area contributed by atoms with E-state index in [4.69, 9.17) is 5.11 Å². The molecule has 1 unspecified atom stereocenters. The van der Waals surface area contributed by atoms with E-state index in [0.29, 0.717) is 0 Å². The van der Waals surface area contributed by atoms with Crippen molar-refractivity contribution in [1.82, 2.24) is 0 Å². The molecule has 2 heteroatoms. The van der Waals surface area contributed by atoms with Gasteiger partial charge in [-0.2, -0.15) is 0 Å². The average Bonchev–Trinajstić information content (AvgIpc) is 2.04. The van der Waals surface area contributed by atoms with Gasteiger partial charge in [-0.3, -0.25) is 0 Å². The Morgan fingerprint density at radius 2 is 2.08 bits per heavy atom. The first-order valence-electron chi connectivity index (χ1n) is 4.04. The molecule has 0 bridgehead atoms. The number of aliphatic hydroxyl groups is 2. The molecule has 70 valence electrons. The lowest BCUT2D eigenvalue weighted by Gasteiger charge is -2.24. The highest BCUT2D eigenvalue weighted by atomic mass is 16.3. The molecule has 2 nitrogen and oxygen atoms in total. The van der Waals surface area contributed by atoms with Crippen molar-refractivity contribution < 1.29 is 10.2 Å². The summed E-state index contributed by atoms with van der Waals surface area (Å²) in [5, 5.41) is 18.3. The molecule has 0 aliphatic carbocycles. The van der Waals surface area contributed by atoms with Crippen LogP contribution in [0, 0.1) is 5.41 Å². The first-order chi connectivity index (χ1) is 5.44. The molecule has 0 heterocycles. The van der Waals surface area contributed by atoms with Crippen molar-refractivity contribution in [2.45, 2.75) is 26.9 Å². The SMILES string of the molecule is C=CC(C)(C)C(O)C=C(C)CO. The Balaban J connectivity index is 4.39. The summed E-state index contributed by atoms with van der Waals surface area (Å²) in [6.45, 7) is 9.19. The summed E-state index contributed by atoms with van der Waals surface area (Å²) in [7, 11) is 0. The van der Waals surface area contributed by atoms with Gasteiger partial charge in [0.2, 0.25) is 0 Å². The average molecular weight is 170 g/mol. The first kappa shape index (κ1) is 11.4. The summed E-state index contributed by atoms with van der Waals surface area (Å²) in [4.78, 5) is 0. The molecule has 0 saturated carbocycles. The first-order valence-corrected chi connectivity index (χ1v) is 4.04. The van der Waals surface area contributed by atoms with Crippen molar-refractivity contribution >= 4 is 0 Å². The Kier molecular flexibility index (Phi) is 4.21. The monoisotopic (exact) mass is 170 g/mol. The van der Waals surface area contributed by atoms with Gasteiger partial charge in [-0.15, -0.1) is 6.58 Å². The van der Waals surface area contributed by atoms with Crippen LogP contribution in [0.1, 0.15) is 20.8 Å². The highest BCUT2D eigenvalue weighted by Gasteiger charge is 2.21. The summed E-state index contributed by atoms with van der Waals surface area (Å²) < 4.78 is 0. The fraction of sp³-hybridized carbons (Fsp3) is 0.600. The van der Waals surface area contributed by atoms with Gasteiger partial charge in [-0.1, -0.05) is 26.0 Å². The van der Waals surface area contributed by atoms with Crippen LogP contribution in [-0.4, -0.2) is 22.9 Å². The quantitative estimate of drug-likeness (QED) is 0.628. The third-order valence-corrected chi connectivity index (χ3v) is 1.98. The molecule has 0 rings (SSSR count). The van der Waals surface area contributed by atoms with E-state index < -0.39 is 6.10 Å². The van der Waals surface area contributed by atoms with Gasteiger partial charge in [-0.05, 0) is 12.5 Å². The minimum Gasteiger partial charge on any atom is -0.392 e. The van der Waals surface area contributed by atoms with Crippen molar-refractivity contribution in [3.05, 3.63) is 24.3 Å². The molecule has 0 saturated heterocycles. The van der Waals surface area contributed by atoms with Gasteiger partial charge in [0.15, 0.2) is 0 Å². The highest BCUT2D eigenvalue weighted by Crippen LogP contribution is 2.23. The van der Waals surface area contributed by atoms with Crippen molar-refractivity contribution in [3.63, 3.8) is 0 Å². The Bertz CT molecular complexity index is 180. The van der Waals surface area contributed by atoms with Crippen LogP contribution >= 0.6 is 0 Å². The van der Waals surface area contributed by atoms with Crippen molar-refractivity contribution in [3.8, 4) is 0 Å². The van der Waals surface area contributed by atoms with E-state index >= 15 is 0 Å². The Morgan fingerprint density at radius 3 is 2.42 bits per heavy atom. The van der Waals surface area contributed by atoms with Gasteiger partial charge in [0, 0.05) is 5.41 Å². The highest BCUT2D eigenvalue weighted by molar-refractivity contribution is 5.08. The van der Waals surface area contributed by atoms with Crippen LogP contribution in [0.4, 0.5) is 0 Å². The fourth-order valence-electron chi connectivity index (χ4n) is 0.658. The minimum atomic E-state index is -0.581. The smallest absolute Gasteiger partial charge is 0.0809 e. The van der Waals surface area contributed by atoms with E-state index in [1.165, 1.54) is 0 Å². The molecule has 0 aromatic heterocycles. The van der Waals surface area contributed by atoms with E-state index in [0.717, 1.165) is 5.57 Å². The van der Waals surface area contributed by atoms with E-state index in [1.54, 1.807) is 19.1 Å². The molecule has 0 aromatic carbocycles. The maximum absolute atomic E-state index is 9.62. The van der Waals surface area contributed by atoms with Crippen LogP contribution in [0.5, 0.6) is 0 Å². The Morgan fingerprint density at radius 1 is 1.58 bits per heavy atom. The van der Waals surface area contributed by atoms with Crippen LogP contribution < -0.4 is 0 Å².